The molecule has 6 N–H and O–H groups in total. The van der Waals surface area contributed by atoms with Gasteiger partial charge in [-0.05, 0) is 76.3 Å². The van der Waals surface area contributed by atoms with Crippen molar-refractivity contribution in [2.45, 2.75) is 76.0 Å². The highest BCUT2D eigenvalue weighted by atomic mass is 16.5. The molecule has 10 unspecified atom stereocenters. The molecule has 0 radical (unpaired) electrons. The lowest BCUT2D eigenvalue weighted by Gasteiger charge is -2.62. The van der Waals surface area contributed by atoms with Crippen LogP contribution in [0.5, 0.6) is 0 Å². The highest BCUT2D eigenvalue weighted by molar-refractivity contribution is 5.90. The van der Waals surface area contributed by atoms with E-state index in [-0.39, 0.29) is 54.0 Å². The summed E-state index contributed by atoms with van der Waals surface area (Å²) in [5.41, 5.74) is -1.45. The topological polar surface area (TPSA) is 143 Å². The van der Waals surface area contributed by atoms with Crippen LogP contribution >= 0.6 is 0 Å². The molecule has 6 rings (SSSR count). The number of hydrogen-bond donors (Lipinski definition) is 6. The molecular weight excluding hydrogens is 546 g/mol. The number of aliphatic hydroxyl groups excluding tert-OH is 1. The summed E-state index contributed by atoms with van der Waals surface area (Å²) in [7, 11) is 3.80. The van der Waals surface area contributed by atoms with E-state index in [9.17, 15) is 20.1 Å². The predicted molar refractivity (Wildman–Crippen MR) is 161 cm³/mol. The van der Waals surface area contributed by atoms with E-state index in [1.165, 1.54) is 4.90 Å². The fourth-order valence-electron chi connectivity index (χ4n) is 10.9. The number of quaternary nitrogens is 1. The van der Waals surface area contributed by atoms with Gasteiger partial charge in [-0.3, -0.25) is 4.90 Å². The third-order valence-corrected chi connectivity index (χ3v) is 12.4. The van der Waals surface area contributed by atoms with Crippen LogP contribution in [-0.2, 0) is 9.53 Å². The molecule has 0 aromatic carbocycles. The van der Waals surface area contributed by atoms with E-state index in [4.69, 9.17) is 4.74 Å². The molecule has 2 spiro atoms. The summed E-state index contributed by atoms with van der Waals surface area (Å²) < 4.78 is 6.43. The van der Waals surface area contributed by atoms with Crippen molar-refractivity contribution in [2.24, 2.45) is 39.5 Å². The molecule has 6 aliphatic rings. The molecule has 4 aliphatic carbocycles. The van der Waals surface area contributed by atoms with Gasteiger partial charge in [-0.1, -0.05) is 24.3 Å². The quantitative estimate of drug-likeness (QED) is 0.139. The number of aliphatic imine (C=N–C) groups is 1. The fourth-order valence-corrected chi connectivity index (χ4v) is 10.9. The Morgan fingerprint density at radius 2 is 2.14 bits per heavy atom. The molecule has 10 heteroatoms. The number of rotatable bonds is 9. The Morgan fingerprint density at radius 3 is 2.88 bits per heavy atom. The molecule has 10 atom stereocenters. The second-order valence-electron chi connectivity index (χ2n) is 14.2. The van der Waals surface area contributed by atoms with E-state index in [2.05, 4.69) is 39.7 Å². The summed E-state index contributed by atoms with van der Waals surface area (Å²) in [5, 5.41) is 45.5. The van der Waals surface area contributed by atoms with E-state index in [0.717, 1.165) is 69.7 Å². The maximum absolute atomic E-state index is 13.1. The fraction of sp³-hybridized carbons (Fsp3) is 0.818. The van der Waals surface area contributed by atoms with E-state index < -0.39 is 17.0 Å². The van der Waals surface area contributed by atoms with Crippen molar-refractivity contribution in [1.82, 2.24) is 16.0 Å². The number of hydrogen-bond acceptors (Lipinski definition) is 8. The van der Waals surface area contributed by atoms with Crippen LogP contribution in [0.3, 0.4) is 0 Å². The van der Waals surface area contributed by atoms with Crippen molar-refractivity contribution < 1.29 is 29.8 Å². The van der Waals surface area contributed by atoms with Crippen molar-refractivity contribution >= 4 is 11.9 Å². The lowest BCUT2D eigenvalue weighted by Crippen LogP contribution is -3.19. The lowest BCUT2D eigenvalue weighted by molar-refractivity contribution is -0.830. The number of piperidine rings is 1. The first kappa shape index (κ1) is 31.0. The maximum Gasteiger partial charge on any atom is 0.296 e. The molecule has 0 aromatic rings. The zero-order chi connectivity index (χ0) is 30.4. The van der Waals surface area contributed by atoms with Crippen molar-refractivity contribution in [1.29, 1.82) is 0 Å². The van der Waals surface area contributed by atoms with Crippen LogP contribution in [0.1, 0.15) is 58.3 Å². The number of ether oxygens (including phenoxy) is 1. The summed E-state index contributed by atoms with van der Waals surface area (Å²) in [4.78, 5) is 19.0. The summed E-state index contributed by atoms with van der Waals surface area (Å²) in [5.74, 6) is 7.33. The Hall–Kier alpha value is -2.00. The summed E-state index contributed by atoms with van der Waals surface area (Å²) >= 11 is 0. The number of aliphatic carboxylic acids is 1. The number of aliphatic hydroxyl groups is 2. The Kier molecular flexibility index (Phi) is 8.70. The van der Waals surface area contributed by atoms with Gasteiger partial charge in [-0.25, -0.2) is 4.99 Å². The molecule has 1 saturated heterocycles. The van der Waals surface area contributed by atoms with Crippen LogP contribution in [0.15, 0.2) is 16.1 Å². The number of allylic oxidation sites excluding steroid dienone is 1. The highest BCUT2D eigenvalue weighted by Crippen LogP contribution is 2.77. The molecule has 2 heterocycles. The first-order chi connectivity index (χ1) is 20.7. The van der Waals surface area contributed by atoms with Gasteiger partial charge in [0.25, 0.3) is 5.96 Å². The lowest BCUT2D eigenvalue weighted by atomic mass is 9.43. The molecule has 2 aliphatic heterocycles. The third kappa shape index (κ3) is 4.86. The van der Waals surface area contributed by atoms with E-state index >= 15 is 0 Å². The average molecular weight is 598 g/mol. The van der Waals surface area contributed by atoms with Crippen molar-refractivity contribution in [3.8, 4) is 11.8 Å². The minimum Gasteiger partial charge on any atom is -0.545 e. The standard InChI is InChI=1S/C33H51N5O5/c1-21-14-22-6-5-10-37-30(35-3)38-12-9-23(17-36-11-13-39)33(19-38)26(22)16-27-28(29(40)41)31(42,18-32(21,27)33)20-43-25-8-4-7-24(15-25)34-2/h21-26,34,36,39,42H,4,7-20H2,1-3H3,(H,35,37)(H,40,41). The number of carboxylic acids is 1. The maximum atomic E-state index is 13.1. The number of fused-ring (bicyclic) bond motifs is 1. The van der Waals surface area contributed by atoms with Gasteiger partial charge in [0.05, 0.1) is 44.9 Å². The third-order valence-electron chi connectivity index (χ3n) is 12.4. The predicted octanol–water partition coefficient (Wildman–Crippen LogP) is -1.56. The largest absolute Gasteiger partial charge is 0.545 e. The molecular formula is C33H51N5O5. The number of carboxylic acid groups (broad SMARTS) is 1. The van der Waals surface area contributed by atoms with Crippen LogP contribution in [0.4, 0.5) is 0 Å². The summed E-state index contributed by atoms with van der Waals surface area (Å²) in [6.45, 7) is 5.83. The van der Waals surface area contributed by atoms with Crippen LogP contribution in [0, 0.1) is 46.3 Å². The SMILES string of the molecule is CN=C1NCC#CC2CC(C)C34CC(O)(COC5CCCC(NC)C5)C(C(=O)[O-])=C3CC2C42C[NH+]1CCC2CNCCO. The Morgan fingerprint density at radius 1 is 1.30 bits per heavy atom. The Labute approximate surface area is 256 Å². The van der Waals surface area contributed by atoms with Crippen molar-refractivity contribution in [2.75, 3.05) is 60.0 Å². The molecule has 3 saturated carbocycles. The number of carbonyl (C=O) groups excluding carboxylic acids is 1. The second kappa shape index (κ2) is 12.1. The molecule has 43 heavy (non-hydrogen) atoms. The number of guanidine groups is 1. The molecule has 238 valence electrons. The number of carbonyl (C=O) groups is 1. The minimum atomic E-state index is -1.61. The first-order valence-corrected chi connectivity index (χ1v) is 16.6. The highest BCUT2D eigenvalue weighted by Gasteiger charge is 2.77. The van der Waals surface area contributed by atoms with Gasteiger partial charge in [0.1, 0.15) is 5.60 Å². The Bertz CT molecular complexity index is 1210. The van der Waals surface area contributed by atoms with Gasteiger partial charge < -0.3 is 40.8 Å². The van der Waals surface area contributed by atoms with E-state index in [1.807, 2.05) is 14.1 Å². The molecule has 0 aromatic heterocycles. The first-order valence-electron chi connectivity index (χ1n) is 16.6. The minimum absolute atomic E-state index is 0.0105. The van der Waals surface area contributed by atoms with E-state index in [0.29, 0.717) is 32.0 Å². The molecule has 5 bridgehead atoms. The van der Waals surface area contributed by atoms with Gasteiger partial charge in [-0.15, -0.1) is 0 Å². The average Bonchev–Trinajstić information content (AvgIpc) is 3.37. The van der Waals surface area contributed by atoms with Gasteiger partial charge >= 0.3 is 0 Å². The van der Waals surface area contributed by atoms with Gasteiger partial charge in [0.15, 0.2) is 0 Å². The van der Waals surface area contributed by atoms with Crippen LogP contribution < -0.4 is 26.0 Å². The van der Waals surface area contributed by atoms with Crippen LogP contribution in [0.2, 0.25) is 0 Å². The zero-order valence-electron chi connectivity index (χ0n) is 26.1. The summed E-state index contributed by atoms with van der Waals surface area (Å²) in [6.07, 6.45) is 6.71. The van der Waals surface area contributed by atoms with Gasteiger partial charge in [-0.2, -0.15) is 0 Å². The van der Waals surface area contributed by atoms with Crippen LogP contribution in [-0.4, -0.2) is 99.9 Å². The van der Waals surface area contributed by atoms with Crippen molar-refractivity contribution in [3.05, 3.63) is 11.1 Å². The van der Waals surface area contributed by atoms with Crippen molar-refractivity contribution in [3.63, 3.8) is 0 Å². The Balaban J connectivity index is 1.46. The second-order valence-corrected chi connectivity index (χ2v) is 14.2. The molecule has 10 nitrogen and oxygen atoms in total. The van der Waals surface area contributed by atoms with Gasteiger partial charge in [0.2, 0.25) is 0 Å². The van der Waals surface area contributed by atoms with E-state index in [1.54, 1.807) is 0 Å². The van der Waals surface area contributed by atoms with Crippen LogP contribution in [0.25, 0.3) is 0 Å². The summed E-state index contributed by atoms with van der Waals surface area (Å²) in [6, 6.07) is 0.374. The molecule has 4 fully saturated rings. The van der Waals surface area contributed by atoms with Gasteiger partial charge in [0, 0.05) is 48.4 Å². The molecule has 0 amide bonds. The monoisotopic (exact) mass is 597 g/mol. The normalized spacial score (nSPS) is 44.4. The number of nitrogens with one attached hydrogen (secondary N) is 4. The number of nitrogens with zero attached hydrogens (tertiary/aromatic N) is 1. The smallest absolute Gasteiger partial charge is 0.296 e. The zero-order valence-corrected chi connectivity index (χ0v) is 26.1.